The Labute approximate surface area is 135 Å². The first-order chi connectivity index (χ1) is 10.5. The van der Waals surface area contributed by atoms with Crippen LogP contribution in [0.5, 0.6) is 0 Å². The predicted octanol–water partition coefficient (Wildman–Crippen LogP) is 3.58. The van der Waals surface area contributed by atoms with Crippen LogP contribution in [0.2, 0.25) is 0 Å². The zero-order valence-electron chi connectivity index (χ0n) is 14.2. The molecule has 1 fully saturated rings. The Morgan fingerprint density at radius 3 is 2.45 bits per heavy atom. The summed E-state index contributed by atoms with van der Waals surface area (Å²) in [7, 11) is 0. The van der Waals surface area contributed by atoms with Crippen molar-refractivity contribution in [2.75, 3.05) is 23.3 Å². The number of piperidine rings is 1. The quantitative estimate of drug-likeness (QED) is 0.903. The Kier molecular flexibility index (Phi) is 5.75. The fourth-order valence-electron chi connectivity index (χ4n) is 2.90. The molecule has 0 radical (unpaired) electrons. The van der Waals surface area contributed by atoms with Gasteiger partial charge in [-0.15, -0.1) is 10.2 Å². The Balaban J connectivity index is 0.00000264. The largest absolute Gasteiger partial charge is 0.355 e. The Morgan fingerprint density at radius 2 is 1.95 bits per heavy atom. The van der Waals surface area contributed by atoms with Gasteiger partial charge in [0, 0.05) is 20.4 Å². The van der Waals surface area contributed by atoms with Crippen molar-refractivity contribution in [3.05, 3.63) is 12.1 Å². The number of anilines is 2. The maximum absolute atomic E-state index is 11.6. The van der Waals surface area contributed by atoms with E-state index in [9.17, 15) is 4.79 Å². The number of amides is 1. The number of nitrogens with one attached hydrogen (secondary N) is 1. The molecule has 1 N–H and O–H groups in total. The van der Waals surface area contributed by atoms with E-state index in [-0.39, 0.29) is 13.3 Å². The molecule has 0 spiro atoms. The number of rotatable bonds is 5. The molecule has 5 heteroatoms. The van der Waals surface area contributed by atoms with Crippen LogP contribution in [0.4, 0.5) is 11.6 Å². The van der Waals surface area contributed by atoms with Gasteiger partial charge in [-0.2, -0.15) is 0 Å². The smallest absolute Gasteiger partial charge is 0.228 e. The van der Waals surface area contributed by atoms with Crippen LogP contribution in [0, 0.1) is 17.8 Å². The van der Waals surface area contributed by atoms with E-state index in [1.54, 1.807) is 0 Å². The van der Waals surface area contributed by atoms with Gasteiger partial charge in [0.15, 0.2) is 11.6 Å². The number of carbonyl (C=O) groups excluding carboxylic acids is 1. The molecule has 124 valence electrons. The van der Waals surface area contributed by atoms with Gasteiger partial charge in [0.1, 0.15) is 0 Å². The minimum atomic E-state index is -0.0542. The number of nitrogens with zero attached hydrogens (tertiary/aromatic N) is 3. The monoisotopic (exact) mass is 306 g/mol. The molecule has 5 nitrogen and oxygen atoms in total. The first kappa shape index (κ1) is 16.7. The molecule has 0 atom stereocenters. The van der Waals surface area contributed by atoms with E-state index < -0.39 is 0 Å². The van der Waals surface area contributed by atoms with Gasteiger partial charge in [0.2, 0.25) is 5.91 Å². The molecule has 0 unspecified atom stereocenters. The van der Waals surface area contributed by atoms with Gasteiger partial charge >= 0.3 is 0 Å². The maximum Gasteiger partial charge on any atom is 0.228 e. The first-order valence-corrected chi connectivity index (χ1v) is 8.35. The zero-order chi connectivity index (χ0) is 16.1. The van der Waals surface area contributed by atoms with Crippen molar-refractivity contribution < 1.29 is 6.22 Å². The third-order valence-corrected chi connectivity index (χ3v) is 4.17. The SMILES string of the molecule is CC(C)CC1CCN(c2ccc(NC(=O)C(C)C)nn2)CC1.[HH]. The molecule has 2 heterocycles. The fourth-order valence-corrected chi connectivity index (χ4v) is 2.90. The second kappa shape index (κ2) is 7.56. The summed E-state index contributed by atoms with van der Waals surface area (Å²) in [6, 6.07) is 3.79. The molecule has 1 aliphatic heterocycles. The molecule has 0 aliphatic carbocycles. The first-order valence-electron chi connectivity index (χ1n) is 8.35. The van der Waals surface area contributed by atoms with E-state index in [1.165, 1.54) is 19.3 Å². The van der Waals surface area contributed by atoms with E-state index in [0.717, 1.165) is 30.7 Å². The molecule has 1 aromatic rings. The van der Waals surface area contributed by atoms with E-state index in [1.807, 2.05) is 26.0 Å². The summed E-state index contributed by atoms with van der Waals surface area (Å²) in [6.45, 7) is 10.4. The van der Waals surface area contributed by atoms with Crippen molar-refractivity contribution >= 4 is 17.5 Å². The molecule has 0 saturated carbocycles. The summed E-state index contributed by atoms with van der Waals surface area (Å²) >= 11 is 0. The van der Waals surface area contributed by atoms with Crippen LogP contribution in [0.25, 0.3) is 0 Å². The highest BCUT2D eigenvalue weighted by atomic mass is 16.1. The highest BCUT2D eigenvalue weighted by Crippen LogP contribution is 2.26. The summed E-state index contributed by atoms with van der Waals surface area (Å²) in [5.41, 5.74) is 0. The van der Waals surface area contributed by atoms with Gasteiger partial charge in [-0.25, -0.2) is 0 Å². The lowest BCUT2D eigenvalue weighted by Gasteiger charge is -2.33. The van der Waals surface area contributed by atoms with Crippen molar-refractivity contribution in [3.8, 4) is 0 Å². The summed E-state index contributed by atoms with van der Waals surface area (Å²) in [5.74, 6) is 2.97. The number of hydrogen-bond donors (Lipinski definition) is 1. The molecular formula is C17H30N4O. The zero-order valence-corrected chi connectivity index (χ0v) is 14.2. The van der Waals surface area contributed by atoms with Gasteiger partial charge < -0.3 is 10.2 Å². The number of hydrogen-bond acceptors (Lipinski definition) is 4. The predicted molar refractivity (Wildman–Crippen MR) is 92.0 cm³/mol. The molecule has 0 aromatic carbocycles. The summed E-state index contributed by atoms with van der Waals surface area (Å²) < 4.78 is 0. The minimum Gasteiger partial charge on any atom is -0.355 e. The second-order valence-corrected chi connectivity index (χ2v) is 6.98. The summed E-state index contributed by atoms with van der Waals surface area (Å²) in [4.78, 5) is 13.9. The molecule has 1 aromatic heterocycles. The molecule has 1 aliphatic rings. The average Bonchev–Trinajstić information content (AvgIpc) is 2.48. The molecule has 22 heavy (non-hydrogen) atoms. The molecule has 1 amide bonds. The van der Waals surface area contributed by atoms with Gasteiger partial charge in [0.05, 0.1) is 0 Å². The lowest BCUT2D eigenvalue weighted by molar-refractivity contribution is -0.118. The third-order valence-electron chi connectivity index (χ3n) is 4.17. The van der Waals surface area contributed by atoms with Crippen LogP contribution in [0.3, 0.4) is 0 Å². The highest BCUT2D eigenvalue weighted by Gasteiger charge is 2.21. The van der Waals surface area contributed by atoms with E-state index in [4.69, 9.17) is 0 Å². The van der Waals surface area contributed by atoms with Crippen molar-refractivity contribution in [1.82, 2.24) is 10.2 Å². The van der Waals surface area contributed by atoms with Gasteiger partial charge in [-0.3, -0.25) is 4.79 Å². The number of aromatic nitrogens is 2. The van der Waals surface area contributed by atoms with Crippen LogP contribution in [0.1, 0.15) is 48.4 Å². The Hall–Kier alpha value is -1.65. The van der Waals surface area contributed by atoms with Gasteiger partial charge in [0.25, 0.3) is 0 Å². The normalized spacial score (nSPS) is 16.4. The highest BCUT2D eigenvalue weighted by molar-refractivity contribution is 5.91. The van der Waals surface area contributed by atoms with E-state index in [2.05, 4.69) is 34.3 Å². The van der Waals surface area contributed by atoms with E-state index >= 15 is 0 Å². The number of carbonyl (C=O) groups is 1. The Bertz CT molecular complexity index is 482. The lowest BCUT2D eigenvalue weighted by Crippen LogP contribution is -2.34. The molecular weight excluding hydrogens is 276 g/mol. The standard InChI is InChI=1S/C17H28N4O.H2/c1-12(2)11-14-7-9-21(10-8-14)16-6-5-15(19-20-16)18-17(22)13(3)4;/h5-6,12-14H,7-11H2,1-4H3,(H,18,19,22);1H. The van der Waals surface area contributed by atoms with Gasteiger partial charge in [-0.05, 0) is 43.2 Å². The van der Waals surface area contributed by atoms with Crippen LogP contribution < -0.4 is 10.2 Å². The van der Waals surface area contributed by atoms with Crippen LogP contribution >= 0.6 is 0 Å². The summed E-state index contributed by atoms with van der Waals surface area (Å²) in [6.07, 6.45) is 3.77. The Morgan fingerprint density at radius 1 is 1.27 bits per heavy atom. The van der Waals surface area contributed by atoms with Crippen LogP contribution in [-0.2, 0) is 4.79 Å². The van der Waals surface area contributed by atoms with Crippen molar-refractivity contribution in [2.24, 2.45) is 17.8 Å². The maximum atomic E-state index is 11.6. The topological polar surface area (TPSA) is 58.1 Å². The van der Waals surface area contributed by atoms with Crippen LogP contribution in [-0.4, -0.2) is 29.2 Å². The van der Waals surface area contributed by atoms with Crippen molar-refractivity contribution in [2.45, 2.75) is 47.0 Å². The second-order valence-electron chi connectivity index (χ2n) is 6.98. The van der Waals surface area contributed by atoms with Crippen molar-refractivity contribution in [1.29, 1.82) is 0 Å². The average molecular weight is 306 g/mol. The third kappa shape index (κ3) is 4.68. The van der Waals surface area contributed by atoms with E-state index in [0.29, 0.717) is 5.82 Å². The fraction of sp³-hybridized carbons (Fsp3) is 0.706. The minimum absolute atomic E-state index is 0. The van der Waals surface area contributed by atoms with Gasteiger partial charge in [-0.1, -0.05) is 27.7 Å². The van der Waals surface area contributed by atoms with Crippen LogP contribution in [0.15, 0.2) is 12.1 Å². The molecule has 2 rings (SSSR count). The van der Waals surface area contributed by atoms with Crippen molar-refractivity contribution in [3.63, 3.8) is 0 Å². The summed E-state index contributed by atoms with van der Waals surface area (Å²) in [5, 5.41) is 11.2. The molecule has 0 bridgehead atoms. The lowest BCUT2D eigenvalue weighted by atomic mass is 9.89. The molecule has 1 saturated heterocycles.